The predicted molar refractivity (Wildman–Crippen MR) is 103 cm³/mol. The van der Waals surface area contributed by atoms with Crippen molar-refractivity contribution in [3.63, 3.8) is 0 Å². The first-order valence-electron chi connectivity index (χ1n) is 9.55. The molecule has 2 aliphatic heterocycles. The molecule has 0 unspecified atom stereocenters. The SMILES string of the molecule is CC(C)Cc1nc2c(c(N3CCN(c4cnccn4)CC3)n1)CCNC2=O. The maximum atomic E-state index is 12.4. The molecule has 4 rings (SSSR count). The third kappa shape index (κ3) is 3.70. The van der Waals surface area contributed by atoms with Crippen molar-refractivity contribution in [3.8, 4) is 0 Å². The van der Waals surface area contributed by atoms with Gasteiger partial charge in [-0.1, -0.05) is 13.8 Å². The molecule has 142 valence electrons. The van der Waals surface area contributed by atoms with Crippen LogP contribution in [-0.2, 0) is 12.8 Å². The van der Waals surface area contributed by atoms with Crippen LogP contribution in [0, 0.1) is 5.92 Å². The van der Waals surface area contributed by atoms with Gasteiger partial charge >= 0.3 is 0 Å². The van der Waals surface area contributed by atoms with Gasteiger partial charge in [-0.2, -0.15) is 0 Å². The lowest BCUT2D eigenvalue weighted by Crippen LogP contribution is -2.48. The number of aromatic nitrogens is 4. The molecule has 0 radical (unpaired) electrons. The Bertz CT molecular complexity index is 816. The lowest BCUT2D eigenvalue weighted by atomic mass is 10.0. The highest BCUT2D eigenvalue weighted by atomic mass is 16.1. The van der Waals surface area contributed by atoms with Gasteiger partial charge in [0.1, 0.15) is 23.2 Å². The van der Waals surface area contributed by atoms with Crippen molar-refractivity contribution in [1.82, 2.24) is 25.3 Å². The second kappa shape index (κ2) is 7.46. The van der Waals surface area contributed by atoms with Gasteiger partial charge in [0.2, 0.25) is 0 Å². The molecular formula is C19H25N7O. The van der Waals surface area contributed by atoms with Gasteiger partial charge in [0.25, 0.3) is 5.91 Å². The second-order valence-corrected chi connectivity index (χ2v) is 7.43. The van der Waals surface area contributed by atoms with E-state index in [2.05, 4.69) is 43.9 Å². The zero-order valence-electron chi connectivity index (χ0n) is 15.9. The summed E-state index contributed by atoms with van der Waals surface area (Å²) < 4.78 is 0. The van der Waals surface area contributed by atoms with Gasteiger partial charge in [-0.15, -0.1) is 0 Å². The Morgan fingerprint density at radius 1 is 1.11 bits per heavy atom. The topological polar surface area (TPSA) is 87.1 Å². The summed E-state index contributed by atoms with van der Waals surface area (Å²) in [6.07, 6.45) is 6.76. The number of piperazine rings is 1. The minimum absolute atomic E-state index is 0.0805. The number of anilines is 2. The summed E-state index contributed by atoms with van der Waals surface area (Å²) in [5.41, 5.74) is 1.54. The van der Waals surface area contributed by atoms with E-state index in [1.54, 1.807) is 18.6 Å². The summed E-state index contributed by atoms with van der Waals surface area (Å²) in [6.45, 7) is 8.30. The van der Waals surface area contributed by atoms with Crippen molar-refractivity contribution >= 4 is 17.5 Å². The number of fused-ring (bicyclic) bond motifs is 1. The molecule has 0 spiro atoms. The lowest BCUT2D eigenvalue weighted by molar-refractivity contribution is 0.0940. The largest absolute Gasteiger partial charge is 0.353 e. The van der Waals surface area contributed by atoms with E-state index < -0.39 is 0 Å². The number of hydrogen-bond acceptors (Lipinski definition) is 7. The molecule has 2 aromatic rings. The van der Waals surface area contributed by atoms with Crippen molar-refractivity contribution in [2.75, 3.05) is 42.5 Å². The first-order valence-corrected chi connectivity index (χ1v) is 9.55. The Hall–Kier alpha value is -2.77. The van der Waals surface area contributed by atoms with Crippen LogP contribution in [0.2, 0.25) is 0 Å². The molecule has 1 saturated heterocycles. The van der Waals surface area contributed by atoms with Gasteiger partial charge in [0.05, 0.1) is 6.20 Å². The van der Waals surface area contributed by atoms with Crippen molar-refractivity contribution in [1.29, 1.82) is 0 Å². The van der Waals surface area contributed by atoms with Crippen LogP contribution in [0.4, 0.5) is 11.6 Å². The van der Waals surface area contributed by atoms with Crippen LogP contribution in [0.3, 0.4) is 0 Å². The number of rotatable bonds is 4. The molecule has 4 heterocycles. The van der Waals surface area contributed by atoms with Crippen molar-refractivity contribution in [2.45, 2.75) is 26.7 Å². The Morgan fingerprint density at radius 2 is 1.89 bits per heavy atom. The molecule has 1 amide bonds. The van der Waals surface area contributed by atoms with Crippen LogP contribution in [0.25, 0.3) is 0 Å². The van der Waals surface area contributed by atoms with Crippen LogP contribution >= 0.6 is 0 Å². The van der Waals surface area contributed by atoms with Crippen LogP contribution < -0.4 is 15.1 Å². The van der Waals surface area contributed by atoms with Crippen LogP contribution in [0.15, 0.2) is 18.6 Å². The maximum absolute atomic E-state index is 12.4. The van der Waals surface area contributed by atoms with E-state index in [9.17, 15) is 4.79 Å². The number of nitrogens with zero attached hydrogens (tertiary/aromatic N) is 6. The van der Waals surface area contributed by atoms with E-state index in [4.69, 9.17) is 4.98 Å². The van der Waals surface area contributed by atoms with E-state index in [0.29, 0.717) is 18.2 Å². The normalized spacial score (nSPS) is 17.1. The summed E-state index contributed by atoms with van der Waals surface area (Å²) in [7, 11) is 0. The number of carbonyl (C=O) groups is 1. The molecule has 2 aromatic heterocycles. The van der Waals surface area contributed by atoms with E-state index in [1.807, 2.05) is 0 Å². The zero-order chi connectivity index (χ0) is 18.8. The van der Waals surface area contributed by atoms with Crippen molar-refractivity contribution < 1.29 is 4.79 Å². The zero-order valence-corrected chi connectivity index (χ0v) is 15.9. The average molecular weight is 367 g/mol. The number of nitrogens with one attached hydrogen (secondary N) is 1. The minimum Gasteiger partial charge on any atom is -0.353 e. The summed E-state index contributed by atoms with van der Waals surface area (Å²) in [6, 6.07) is 0. The summed E-state index contributed by atoms with van der Waals surface area (Å²) >= 11 is 0. The predicted octanol–water partition coefficient (Wildman–Crippen LogP) is 1.08. The molecule has 2 aliphatic rings. The van der Waals surface area contributed by atoms with Gasteiger partial charge in [0, 0.05) is 57.1 Å². The first-order chi connectivity index (χ1) is 13.1. The number of hydrogen-bond donors (Lipinski definition) is 1. The third-order valence-corrected chi connectivity index (χ3v) is 4.95. The van der Waals surface area contributed by atoms with Gasteiger partial charge in [-0.3, -0.25) is 9.78 Å². The maximum Gasteiger partial charge on any atom is 0.270 e. The third-order valence-electron chi connectivity index (χ3n) is 4.95. The molecule has 1 fully saturated rings. The van der Waals surface area contributed by atoms with Crippen molar-refractivity contribution in [2.24, 2.45) is 5.92 Å². The van der Waals surface area contributed by atoms with E-state index in [0.717, 1.165) is 62.0 Å². The molecular weight excluding hydrogens is 342 g/mol. The molecule has 0 saturated carbocycles. The fraction of sp³-hybridized carbons (Fsp3) is 0.526. The highest BCUT2D eigenvalue weighted by Gasteiger charge is 2.28. The Morgan fingerprint density at radius 3 is 2.59 bits per heavy atom. The van der Waals surface area contributed by atoms with E-state index >= 15 is 0 Å². The Kier molecular flexibility index (Phi) is 4.87. The van der Waals surface area contributed by atoms with Gasteiger partial charge in [0.15, 0.2) is 0 Å². The summed E-state index contributed by atoms with van der Waals surface area (Å²) in [5, 5.41) is 2.91. The summed E-state index contributed by atoms with van der Waals surface area (Å²) in [5.74, 6) is 2.96. The molecule has 0 bridgehead atoms. The van der Waals surface area contributed by atoms with Crippen LogP contribution in [0.5, 0.6) is 0 Å². The Labute approximate surface area is 159 Å². The quantitative estimate of drug-likeness (QED) is 0.865. The molecule has 27 heavy (non-hydrogen) atoms. The standard InChI is InChI=1S/C19H25N7O/c1-13(2)11-15-23-17-14(3-4-22-19(17)27)18(24-15)26-9-7-25(8-10-26)16-12-20-5-6-21-16/h5-6,12-13H,3-4,7-11H2,1-2H3,(H,22,27). The van der Waals surface area contributed by atoms with Gasteiger partial charge in [-0.25, -0.2) is 15.0 Å². The molecule has 0 atom stereocenters. The monoisotopic (exact) mass is 367 g/mol. The fourth-order valence-corrected chi connectivity index (χ4v) is 3.64. The van der Waals surface area contributed by atoms with Gasteiger partial charge < -0.3 is 15.1 Å². The smallest absolute Gasteiger partial charge is 0.270 e. The van der Waals surface area contributed by atoms with E-state index in [-0.39, 0.29) is 5.91 Å². The molecule has 0 aromatic carbocycles. The van der Waals surface area contributed by atoms with Gasteiger partial charge in [-0.05, 0) is 12.3 Å². The number of carbonyl (C=O) groups excluding carboxylic acids is 1. The molecule has 8 heteroatoms. The van der Waals surface area contributed by atoms with Crippen LogP contribution in [-0.4, -0.2) is 58.6 Å². The lowest BCUT2D eigenvalue weighted by Gasteiger charge is -2.37. The molecule has 0 aliphatic carbocycles. The summed E-state index contributed by atoms with van der Waals surface area (Å²) in [4.78, 5) is 34.9. The minimum atomic E-state index is -0.0805. The molecule has 1 N–H and O–H groups in total. The highest BCUT2D eigenvalue weighted by Crippen LogP contribution is 2.26. The number of amides is 1. The first kappa shape index (κ1) is 17.6. The van der Waals surface area contributed by atoms with E-state index in [1.165, 1.54) is 0 Å². The highest BCUT2D eigenvalue weighted by molar-refractivity contribution is 5.96. The van der Waals surface area contributed by atoms with Crippen LogP contribution in [0.1, 0.15) is 35.7 Å². The van der Waals surface area contributed by atoms with Crippen molar-refractivity contribution in [3.05, 3.63) is 35.7 Å². The Balaban J connectivity index is 1.59. The molecule has 8 nitrogen and oxygen atoms in total. The fourth-order valence-electron chi connectivity index (χ4n) is 3.64. The average Bonchev–Trinajstić information content (AvgIpc) is 2.68. The second-order valence-electron chi connectivity index (χ2n) is 7.43.